The minimum Gasteiger partial charge on any atom is -0.481 e. The molecule has 0 aliphatic carbocycles. The molecule has 0 aliphatic rings. The van der Waals surface area contributed by atoms with Crippen molar-refractivity contribution in [2.45, 2.75) is 44.7 Å². The van der Waals surface area contributed by atoms with Crippen molar-refractivity contribution in [1.82, 2.24) is 10.6 Å². The highest BCUT2D eigenvalue weighted by molar-refractivity contribution is 5.85. The van der Waals surface area contributed by atoms with Crippen LogP contribution < -0.4 is 10.6 Å². The molecule has 0 rings (SSSR count). The summed E-state index contributed by atoms with van der Waals surface area (Å²) < 4.78 is 0. The zero-order valence-electron chi connectivity index (χ0n) is 11.9. The van der Waals surface area contributed by atoms with Crippen LogP contribution in [0.2, 0.25) is 0 Å². The van der Waals surface area contributed by atoms with Gasteiger partial charge in [0.05, 0.1) is 0 Å². The standard InChI is InChI=1S/C12H18N2O8/c1-6(15)13-7(11(19)20)2-4-9(16)14-8(12(21)22)3-5-10(17)18/h7-8H,2-5H2,1H3,(H,13,15)(H,14,16)(H,17,18)(H,19,20)(H,21,22)/t7-,8-/m0/s1. The zero-order valence-corrected chi connectivity index (χ0v) is 11.9. The van der Waals surface area contributed by atoms with Crippen molar-refractivity contribution >= 4 is 29.7 Å². The average molecular weight is 318 g/mol. The lowest BCUT2D eigenvalue weighted by Gasteiger charge is -2.15. The van der Waals surface area contributed by atoms with Crippen molar-refractivity contribution in [3.63, 3.8) is 0 Å². The molecule has 5 N–H and O–H groups in total. The summed E-state index contributed by atoms with van der Waals surface area (Å²) in [6, 6.07) is -2.63. The number of carboxylic acids is 3. The number of amides is 2. The van der Waals surface area contributed by atoms with Crippen LogP contribution in [0, 0.1) is 0 Å². The molecule has 0 bridgehead atoms. The first kappa shape index (κ1) is 19.4. The molecule has 10 nitrogen and oxygen atoms in total. The number of aliphatic carboxylic acids is 3. The van der Waals surface area contributed by atoms with Gasteiger partial charge in [-0.15, -0.1) is 0 Å². The molecule has 0 aliphatic heterocycles. The van der Waals surface area contributed by atoms with E-state index in [-0.39, 0.29) is 19.3 Å². The molecule has 0 unspecified atom stereocenters. The molecule has 0 saturated heterocycles. The van der Waals surface area contributed by atoms with Crippen LogP contribution in [0.25, 0.3) is 0 Å². The Morgan fingerprint density at radius 1 is 0.818 bits per heavy atom. The van der Waals surface area contributed by atoms with Gasteiger partial charge in [0.15, 0.2) is 0 Å². The zero-order chi connectivity index (χ0) is 17.3. The first-order chi connectivity index (χ1) is 10.1. The Morgan fingerprint density at radius 2 is 1.27 bits per heavy atom. The fourth-order valence-electron chi connectivity index (χ4n) is 1.57. The SMILES string of the molecule is CC(=O)N[C@@H](CCC(=O)N[C@@H](CCC(=O)O)C(=O)O)C(=O)O. The molecule has 0 spiro atoms. The summed E-state index contributed by atoms with van der Waals surface area (Å²) in [5.41, 5.74) is 0. The summed E-state index contributed by atoms with van der Waals surface area (Å²) in [7, 11) is 0. The molecule has 10 heteroatoms. The Hall–Kier alpha value is -2.65. The Bertz CT molecular complexity index is 462. The second-order valence-electron chi connectivity index (χ2n) is 4.52. The first-order valence-corrected chi connectivity index (χ1v) is 6.37. The predicted molar refractivity (Wildman–Crippen MR) is 70.9 cm³/mol. The van der Waals surface area contributed by atoms with Gasteiger partial charge in [-0.1, -0.05) is 0 Å². The Kier molecular flexibility index (Phi) is 8.19. The van der Waals surface area contributed by atoms with Crippen LogP contribution in [0.1, 0.15) is 32.6 Å². The Labute approximate surface area is 125 Å². The quantitative estimate of drug-likeness (QED) is 0.334. The van der Waals surface area contributed by atoms with Gasteiger partial charge in [0.1, 0.15) is 12.1 Å². The number of rotatable bonds is 10. The lowest BCUT2D eigenvalue weighted by atomic mass is 10.1. The minimum absolute atomic E-state index is 0.216. The molecular formula is C12H18N2O8. The van der Waals surface area contributed by atoms with Crippen LogP contribution in [0.4, 0.5) is 0 Å². The van der Waals surface area contributed by atoms with E-state index in [4.69, 9.17) is 15.3 Å². The van der Waals surface area contributed by atoms with Gasteiger partial charge in [0, 0.05) is 19.8 Å². The highest BCUT2D eigenvalue weighted by atomic mass is 16.4. The van der Waals surface area contributed by atoms with E-state index in [1.807, 2.05) is 0 Å². The normalized spacial score (nSPS) is 12.8. The number of hydrogen-bond acceptors (Lipinski definition) is 5. The molecular weight excluding hydrogens is 300 g/mol. The summed E-state index contributed by atoms with van der Waals surface area (Å²) in [5, 5.41) is 30.4. The molecule has 0 aromatic rings. The van der Waals surface area contributed by atoms with Gasteiger partial charge < -0.3 is 26.0 Å². The van der Waals surface area contributed by atoms with Crippen LogP contribution in [0.3, 0.4) is 0 Å². The van der Waals surface area contributed by atoms with Crippen molar-refractivity contribution in [2.75, 3.05) is 0 Å². The van der Waals surface area contributed by atoms with Gasteiger partial charge in [-0.25, -0.2) is 9.59 Å². The number of carboxylic acid groups (broad SMARTS) is 3. The summed E-state index contributed by atoms with van der Waals surface area (Å²) in [6.07, 6.45) is -1.26. The third-order valence-electron chi connectivity index (χ3n) is 2.62. The molecule has 0 aromatic carbocycles. The van der Waals surface area contributed by atoms with Crippen molar-refractivity contribution in [3.05, 3.63) is 0 Å². The van der Waals surface area contributed by atoms with E-state index >= 15 is 0 Å². The predicted octanol–water partition coefficient (Wildman–Crippen LogP) is -1.21. The van der Waals surface area contributed by atoms with Gasteiger partial charge in [0.25, 0.3) is 0 Å². The van der Waals surface area contributed by atoms with E-state index in [0.29, 0.717) is 0 Å². The van der Waals surface area contributed by atoms with E-state index < -0.39 is 48.2 Å². The molecule has 0 heterocycles. The monoisotopic (exact) mass is 318 g/mol. The maximum Gasteiger partial charge on any atom is 0.326 e. The highest BCUT2D eigenvalue weighted by Gasteiger charge is 2.23. The van der Waals surface area contributed by atoms with Crippen LogP contribution in [-0.2, 0) is 24.0 Å². The van der Waals surface area contributed by atoms with Crippen molar-refractivity contribution in [2.24, 2.45) is 0 Å². The van der Waals surface area contributed by atoms with E-state index in [1.165, 1.54) is 0 Å². The van der Waals surface area contributed by atoms with Crippen LogP contribution >= 0.6 is 0 Å². The maximum absolute atomic E-state index is 11.6. The van der Waals surface area contributed by atoms with Gasteiger partial charge in [-0.05, 0) is 12.8 Å². The number of nitrogens with one attached hydrogen (secondary N) is 2. The first-order valence-electron chi connectivity index (χ1n) is 6.37. The lowest BCUT2D eigenvalue weighted by molar-refractivity contribution is -0.144. The molecule has 0 fully saturated rings. The van der Waals surface area contributed by atoms with E-state index in [9.17, 15) is 24.0 Å². The Morgan fingerprint density at radius 3 is 1.68 bits per heavy atom. The number of hydrogen-bond donors (Lipinski definition) is 5. The van der Waals surface area contributed by atoms with Crippen molar-refractivity contribution in [1.29, 1.82) is 0 Å². The van der Waals surface area contributed by atoms with E-state index in [1.54, 1.807) is 0 Å². The fraction of sp³-hybridized carbons (Fsp3) is 0.583. The average Bonchev–Trinajstić information content (AvgIpc) is 2.37. The van der Waals surface area contributed by atoms with Crippen molar-refractivity contribution in [3.8, 4) is 0 Å². The summed E-state index contributed by atoms with van der Waals surface area (Å²) >= 11 is 0. The van der Waals surface area contributed by atoms with Gasteiger partial charge >= 0.3 is 17.9 Å². The third-order valence-corrected chi connectivity index (χ3v) is 2.62. The van der Waals surface area contributed by atoms with Crippen LogP contribution in [0.15, 0.2) is 0 Å². The molecule has 2 atom stereocenters. The Balaban J connectivity index is 4.44. The fourth-order valence-corrected chi connectivity index (χ4v) is 1.57. The molecule has 22 heavy (non-hydrogen) atoms. The largest absolute Gasteiger partial charge is 0.481 e. The highest BCUT2D eigenvalue weighted by Crippen LogP contribution is 2.02. The molecule has 0 aromatic heterocycles. The second-order valence-corrected chi connectivity index (χ2v) is 4.52. The molecule has 2 amide bonds. The lowest BCUT2D eigenvalue weighted by Crippen LogP contribution is -2.43. The minimum atomic E-state index is -1.38. The summed E-state index contributed by atoms with van der Waals surface area (Å²) in [6.45, 7) is 1.13. The van der Waals surface area contributed by atoms with Crippen LogP contribution in [0.5, 0.6) is 0 Å². The third kappa shape index (κ3) is 8.51. The molecule has 0 saturated carbocycles. The summed E-state index contributed by atoms with van der Waals surface area (Å²) in [5.74, 6) is -5.21. The number of carbonyl (C=O) groups excluding carboxylic acids is 2. The maximum atomic E-state index is 11.6. The van der Waals surface area contributed by atoms with Crippen LogP contribution in [-0.4, -0.2) is 57.1 Å². The number of carbonyl (C=O) groups is 5. The molecule has 0 radical (unpaired) electrons. The smallest absolute Gasteiger partial charge is 0.326 e. The van der Waals surface area contributed by atoms with Gasteiger partial charge in [-0.3, -0.25) is 14.4 Å². The van der Waals surface area contributed by atoms with Gasteiger partial charge in [-0.2, -0.15) is 0 Å². The second kappa shape index (κ2) is 9.32. The van der Waals surface area contributed by atoms with Gasteiger partial charge in [0.2, 0.25) is 11.8 Å². The van der Waals surface area contributed by atoms with Crippen molar-refractivity contribution < 1.29 is 39.3 Å². The summed E-state index contributed by atoms with van der Waals surface area (Å²) in [4.78, 5) is 54.5. The van der Waals surface area contributed by atoms with E-state index in [0.717, 1.165) is 6.92 Å². The molecule has 124 valence electrons. The van der Waals surface area contributed by atoms with E-state index in [2.05, 4.69) is 10.6 Å². The topological polar surface area (TPSA) is 170 Å².